The molecule has 0 aliphatic rings. The standard InChI is InChI=1S/C27H25N5O5/c1-5-19-23(16-9-7-6-8-10-16)25-28-15-18-20(32(25)29-19)11-12-31(27(18)34)30-26(33)17-13-21(35-2)24(37-4)22(14-17)36-3/h6-15H,5H2,1-4H3,(H,30,33). The topological polar surface area (TPSA) is 109 Å². The second kappa shape index (κ2) is 9.65. The van der Waals surface area contributed by atoms with E-state index >= 15 is 0 Å². The highest BCUT2D eigenvalue weighted by Crippen LogP contribution is 2.38. The molecule has 0 bridgehead atoms. The number of pyridine rings is 1. The number of aryl methyl sites for hydroxylation is 1. The highest BCUT2D eigenvalue weighted by molar-refractivity contribution is 6.01. The Bertz CT molecular complexity index is 1670. The van der Waals surface area contributed by atoms with Crippen LogP contribution < -0.4 is 25.2 Å². The van der Waals surface area contributed by atoms with Crippen molar-refractivity contribution in [1.82, 2.24) is 19.3 Å². The minimum atomic E-state index is -0.534. The zero-order valence-corrected chi connectivity index (χ0v) is 20.8. The molecule has 0 aliphatic heterocycles. The summed E-state index contributed by atoms with van der Waals surface area (Å²) in [5, 5.41) is 5.06. The van der Waals surface area contributed by atoms with Gasteiger partial charge in [-0.2, -0.15) is 5.10 Å². The number of methoxy groups -OCH3 is 3. The molecule has 5 aromatic rings. The van der Waals surface area contributed by atoms with Crippen LogP contribution in [0.25, 0.3) is 27.7 Å². The van der Waals surface area contributed by atoms with Crippen molar-refractivity contribution in [1.29, 1.82) is 0 Å². The van der Waals surface area contributed by atoms with E-state index in [0.29, 0.717) is 40.2 Å². The van der Waals surface area contributed by atoms with Crippen LogP contribution in [0.2, 0.25) is 0 Å². The molecule has 0 atom stereocenters. The van der Waals surface area contributed by atoms with Crippen LogP contribution in [0.15, 0.2) is 65.7 Å². The average molecular weight is 500 g/mol. The summed E-state index contributed by atoms with van der Waals surface area (Å²) in [6.07, 6.45) is 3.72. The van der Waals surface area contributed by atoms with Gasteiger partial charge in [0.05, 0.1) is 37.9 Å². The van der Waals surface area contributed by atoms with E-state index in [1.165, 1.54) is 45.9 Å². The highest BCUT2D eigenvalue weighted by Gasteiger charge is 2.20. The molecule has 1 amide bonds. The number of carbonyl (C=O) groups excluding carboxylic acids is 1. The van der Waals surface area contributed by atoms with Crippen molar-refractivity contribution in [3.63, 3.8) is 0 Å². The van der Waals surface area contributed by atoms with Gasteiger partial charge in [-0.25, -0.2) is 14.2 Å². The van der Waals surface area contributed by atoms with Gasteiger partial charge in [0.15, 0.2) is 17.1 Å². The number of fused-ring (bicyclic) bond motifs is 3. The number of nitrogens with one attached hydrogen (secondary N) is 1. The van der Waals surface area contributed by atoms with Crippen molar-refractivity contribution in [3.8, 4) is 28.4 Å². The first-order chi connectivity index (χ1) is 18.0. The molecule has 3 aromatic heterocycles. The minimum Gasteiger partial charge on any atom is -0.493 e. The maximum Gasteiger partial charge on any atom is 0.280 e. The molecule has 3 heterocycles. The van der Waals surface area contributed by atoms with Crippen LogP contribution in [-0.4, -0.2) is 46.5 Å². The molecule has 10 nitrogen and oxygen atoms in total. The van der Waals surface area contributed by atoms with Crippen LogP contribution >= 0.6 is 0 Å². The van der Waals surface area contributed by atoms with Crippen LogP contribution in [-0.2, 0) is 6.42 Å². The van der Waals surface area contributed by atoms with Gasteiger partial charge in [-0.15, -0.1) is 0 Å². The zero-order chi connectivity index (χ0) is 26.1. The largest absolute Gasteiger partial charge is 0.493 e. The fourth-order valence-electron chi connectivity index (χ4n) is 4.34. The van der Waals surface area contributed by atoms with Crippen molar-refractivity contribution in [3.05, 3.63) is 82.5 Å². The maximum absolute atomic E-state index is 13.3. The highest BCUT2D eigenvalue weighted by atomic mass is 16.5. The molecular weight excluding hydrogens is 474 g/mol. The van der Waals surface area contributed by atoms with Crippen molar-refractivity contribution >= 4 is 22.5 Å². The van der Waals surface area contributed by atoms with E-state index in [0.717, 1.165) is 21.5 Å². The van der Waals surface area contributed by atoms with Gasteiger partial charge in [0.25, 0.3) is 11.5 Å². The SMILES string of the molecule is CCc1nn2c(ncc3c(=O)n(NC(=O)c4cc(OC)c(OC)c(OC)c4)ccc32)c1-c1ccccc1. The Morgan fingerprint density at radius 3 is 2.32 bits per heavy atom. The van der Waals surface area contributed by atoms with E-state index in [2.05, 4.69) is 10.4 Å². The lowest BCUT2D eigenvalue weighted by Gasteiger charge is -2.14. The minimum absolute atomic E-state index is 0.224. The van der Waals surface area contributed by atoms with Gasteiger partial charge in [0.1, 0.15) is 0 Å². The number of hydrogen-bond acceptors (Lipinski definition) is 7. The third-order valence-electron chi connectivity index (χ3n) is 6.13. The van der Waals surface area contributed by atoms with E-state index in [1.807, 2.05) is 37.3 Å². The van der Waals surface area contributed by atoms with Crippen LogP contribution in [0, 0.1) is 0 Å². The number of carbonyl (C=O) groups is 1. The van der Waals surface area contributed by atoms with Crippen molar-refractivity contribution < 1.29 is 19.0 Å². The van der Waals surface area contributed by atoms with Crippen molar-refractivity contribution in [2.75, 3.05) is 26.8 Å². The molecule has 0 unspecified atom stereocenters. The lowest BCUT2D eigenvalue weighted by molar-refractivity contribution is 0.101. The summed E-state index contributed by atoms with van der Waals surface area (Å²) in [5.41, 5.74) is 6.47. The lowest BCUT2D eigenvalue weighted by Crippen LogP contribution is -2.33. The second-order valence-corrected chi connectivity index (χ2v) is 8.18. The first kappa shape index (κ1) is 23.9. The Morgan fingerprint density at radius 2 is 1.70 bits per heavy atom. The van der Waals surface area contributed by atoms with Crippen LogP contribution in [0.1, 0.15) is 23.0 Å². The molecule has 0 fully saturated rings. The molecule has 5 rings (SSSR count). The van der Waals surface area contributed by atoms with Gasteiger partial charge in [-0.3, -0.25) is 15.0 Å². The third kappa shape index (κ3) is 4.02. The first-order valence-corrected chi connectivity index (χ1v) is 11.6. The summed E-state index contributed by atoms with van der Waals surface area (Å²) < 4.78 is 18.8. The first-order valence-electron chi connectivity index (χ1n) is 11.6. The van der Waals surface area contributed by atoms with E-state index in [1.54, 1.807) is 10.6 Å². The number of ether oxygens (including phenoxy) is 3. The molecule has 0 spiro atoms. The number of aromatic nitrogens is 4. The predicted octanol–water partition coefficient (Wildman–Crippen LogP) is 3.68. The second-order valence-electron chi connectivity index (χ2n) is 8.18. The molecule has 0 aliphatic carbocycles. The Kier molecular flexibility index (Phi) is 6.22. The normalized spacial score (nSPS) is 11.0. The third-order valence-corrected chi connectivity index (χ3v) is 6.13. The number of amides is 1. The van der Waals surface area contributed by atoms with Crippen LogP contribution in [0.4, 0.5) is 0 Å². The summed E-state index contributed by atoms with van der Waals surface area (Å²) in [4.78, 5) is 30.9. The fourth-order valence-corrected chi connectivity index (χ4v) is 4.34. The summed E-state index contributed by atoms with van der Waals surface area (Å²) in [7, 11) is 4.40. The monoisotopic (exact) mass is 499 g/mol. The van der Waals surface area contributed by atoms with E-state index < -0.39 is 11.5 Å². The quantitative estimate of drug-likeness (QED) is 0.364. The number of hydrogen-bond donors (Lipinski definition) is 1. The Hall–Kier alpha value is -4.86. The zero-order valence-electron chi connectivity index (χ0n) is 20.8. The van der Waals surface area contributed by atoms with Crippen LogP contribution in [0.3, 0.4) is 0 Å². The number of benzene rings is 2. The van der Waals surface area contributed by atoms with Crippen molar-refractivity contribution in [2.24, 2.45) is 0 Å². The molecule has 10 heteroatoms. The van der Waals surface area contributed by atoms with Gasteiger partial charge in [-0.05, 0) is 30.2 Å². The van der Waals surface area contributed by atoms with E-state index in [9.17, 15) is 9.59 Å². The van der Waals surface area contributed by atoms with Gasteiger partial charge in [0, 0.05) is 23.5 Å². The molecular formula is C27H25N5O5. The van der Waals surface area contributed by atoms with Crippen molar-refractivity contribution in [2.45, 2.75) is 13.3 Å². The van der Waals surface area contributed by atoms with E-state index in [-0.39, 0.29) is 5.56 Å². The lowest BCUT2D eigenvalue weighted by atomic mass is 10.0. The Balaban J connectivity index is 1.57. The molecule has 188 valence electrons. The van der Waals surface area contributed by atoms with Gasteiger partial charge < -0.3 is 14.2 Å². The fraction of sp³-hybridized carbons (Fsp3) is 0.185. The van der Waals surface area contributed by atoms with E-state index in [4.69, 9.17) is 19.3 Å². The van der Waals surface area contributed by atoms with Crippen LogP contribution in [0.5, 0.6) is 17.2 Å². The summed E-state index contributed by atoms with van der Waals surface area (Å²) in [6, 6.07) is 14.7. The number of nitrogens with zero attached hydrogens (tertiary/aromatic N) is 4. The Morgan fingerprint density at radius 1 is 1.00 bits per heavy atom. The molecule has 0 saturated heterocycles. The summed E-state index contributed by atoms with van der Waals surface area (Å²) in [5.74, 6) is 0.474. The van der Waals surface area contributed by atoms with Gasteiger partial charge in [-0.1, -0.05) is 37.3 Å². The predicted molar refractivity (Wildman–Crippen MR) is 139 cm³/mol. The van der Waals surface area contributed by atoms with Gasteiger partial charge >= 0.3 is 0 Å². The summed E-state index contributed by atoms with van der Waals surface area (Å²) in [6.45, 7) is 2.03. The number of rotatable bonds is 7. The molecule has 37 heavy (non-hydrogen) atoms. The average Bonchev–Trinajstić information content (AvgIpc) is 3.33. The van der Waals surface area contributed by atoms with Gasteiger partial charge in [0.2, 0.25) is 5.75 Å². The Labute approximate surface area is 212 Å². The molecule has 1 N–H and O–H groups in total. The maximum atomic E-state index is 13.3. The molecule has 0 saturated carbocycles. The molecule has 2 aromatic carbocycles. The molecule has 0 radical (unpaired) electrons. The smallest absolute Gasteiger partial charge is 0.280 e. The summed E-state index contributed by atoms with van der Waals surface area (Å²) >= 11 is 0.